The number of aromatic nitrogens is 1. The average Bonchev–Trinajstić information content (AvgIpc) is 2.68. The Labute approximate surface area is 92.9 Å². The molecule has 1 saturated heterocycles. The first-order valence-corrected chi connectivity index (χ1v) is 6.08. The van der Waals surface area contributed by atoms with Crippen molar-refractivity contribution in [3.05, 3.63) is 16.1 Å². The summed E-state index contributed by atoms with van der Waals surface area (Å²) in [7, 11) is 0. The van der Waals surface area contributed by atoms with Crippen molar-refractivity contribution in [3.63, 3.8) is 0 Å². The van der Waals surface area contributed by atoms with Crippen molar-refractivity contribution in [3.8, 4) is 0 Å². The number of amides is 1. The predicted molar refractivity (Wildman–Crippen MR) is 59.9 cm³/mol. The number of carbonyl (C=O) groups excluding carboxylic acids is 1. The fourth-order valence-electron chi connectivity index (χ4n) is 1.85. The molecule has 0 bridgehead atoms. The van der Waals surface area contributed by atoms with Gasteiger partial charge in [0.1, 0.15) is 5.69 Å². The summed E-state index contributed by atoms with van der Waals surface area (Å²) in [6, 6.07) is 0. The van der Waals surface area contributed by atoms with Crippen molar-refractivity contribution in [1.29, 1.82) is 0 Å². The van der Waals surface area contributed by atoms with E-state index >= 15 is 0 Å². The van der Waals surface area contributed by atoms with Crippen LogP contribution in [-0.2, 0) is 6.42 Å². The van der Waals surface area contributed by atoms with E-state index in [1.54, 1.807) is 5.38 Å². The van der Waals surface area contributed by atoms with Gasteiger partial charge in [-0.05, 0) is 31.8 Å². The zero-order chi connectivity index (χ0) is 10.7. The molecular formula is C10H15N3OS. The van der Waals surface area contributed by atoms with E-state index in [4.69, 9.17) is 5.73 Å². The van der Waals surface area contributed by atoms with Gasteiger partial charge in [0.2, 0.25) is 0 Å². The van der Waals surface area contributed by atoms with Crippen LogP contribution in [0.2, 0.25) is 0 Å². The van der Waals surface area contributed by atoms with Gasteiger partial charge in [0.15, 0.2) is 0 Å². The molecule has 1 aromatic heterocycles. The quantitative estimate of drug-likeness (QED) is 0.799. The fraction of sp³-hybridized carbons (Fsp3) is 0.600. The molecule has 0 saturated carbocycles. The second-order valence-corrected chi connectivity index (χ2v) is 4.83. The van der Waals surface area contributed by atoms with E-state index in [0.717, 1.165) is 24.5 Å². The van der Waals surface area contributed by atoms with Crippen LogP contribution in [0.4, 0.5) is 0 Å². The van der Waals surface area contributed by atoms with Gasteiger partial charge >= 0.3 is 0 Å². The van der Waals surface area contributed by atoms with Crippen molar-refractivity contribution in [2.24, 2.45) is 11.7 Å². The van der Waals surface area contributed by atoms with Crippen LogP contribution in [0.3, 0.4) is 0 Å². The molecule has 5 heteroatoms. The number of carbonyl (C=O) groups is 1. The van der Waals surface area contributed by atoms with Crippen LogP contribution in [0, 0.1) is 5.92 Å². The van der Waals surface area contributed by atoms with Gasteiger partial charge in [-0.1, -0.05) is 0 Å². The highest BCUT2D eigenvalue weighted by molar-refractivity contribution is 7.09. The molecule has 4 nitrogen and oxygen atoms in total. The average molecular weight is 225 g/mol. The molecule has 82 valence electrons. The third-order valence-electron chi connectivity index (χ3n) is 2.73. The van der Waals surface area contributed by atoms with E-state index < -0.39 is 5.91 Å². The lowest BCUT2D eigenvalue weighted by Gasteiger charge is -2.21. The SMILES string of the molecule is NC(=O)c1csc(CC2CCNCC2)n1. The normalized spacial score (nSPS) is 17.9. The summed E-state index contributed by atoms with van der Waals surface area (Å²) in [5.41, 5.74) is 5.56. The number of rotatable bonds is 3. The second-order valence-electron chi connectivity index (χ2n) is 3.89. The standard InChI is InChI=1S/C10H15N3OS/c11-10(14)8-6-15-9(13-8)5-7-1-3-12-4-2-7/h6-7,12H,1-5H2,(H2,11,14). The van der Waals surface area contributed by atoms with Gasteiger partial charge < -0.3 is 11.1 Å². The minimum absolute atomic E-state index is 0.406. The van der Waals surface area contributed by atoms with Gasteiger partial charge in [-0.3, -0.25) is 4.79 Å². The van der Waals surface area contributed by atoms with Crippen molar-refractivity contribution >= 4 is 17.2 Å². The largest absolute Gasteiger partial charge is 0.364 e. The Balaban J connectivity index is 1.94. The van der Waals surface area contributed by atoms with E-state index in [1.165, 1.54) is 24.2 Å². The third kappa shape index (κ3) is 2.76. The molecule has 3 N–H and O–H groups in total. The maximum atomic E-state index is 10.9. The smallest absolute Gasteiger partial charge is 0.268 e. The first kappa shape index (κ1) is 10.6. The molecule has 15 heavy (non-hydrogen) atoms. The minimum atomic E-state index is -0.428. The summed E-state index contributed by atoms with van der Waals surface area (Å²) in [6.45, 7) is 2.19. The van der Waals surface area contributed by atoms with Crippen LogP contribution in [0.25, 0.3) is 0 Å². The zero-order valence-electron chi connectivity index (χ0n) is 8.53. The van der Waals surface area contributed by atoms with E-state index in [-0.39, 0.29) is 0 Å². The monoisotopic (exact) mass is 225 g/mol. The molecule has 0 radical (unpaired) electrons. The molecule has 0 spiro atoms. The molecule has 0 aliphatic carbocycles. The Morgan fingerprint density at radius 2 is 2.33 bits per heavy atom. The van der Waals surface area contributed by atoms with Crippen LogP contribution >= 0.6 is 11.3 Å². The predicted octanol–water partition coefficient (Wildman–Crippen LogP) is 0.784. The van der Waals surface area contributed by atoms with Crippen LogP contribution in [0.5, 0.6) is 0 Å². The van der Waals surface area contributed by atoms with Gasteiger partial charge in [0.05, 0.1) is 5.01 Å². The van der Waals surface area contributed by atoms with Crippen LogP contribution < -0.4 is 11.1 Å². The van der Waals surface area contributed by atoms with E-state index in [0.29, 0.717) is 11.6 Å². The highest BCUT2D eigenvalue weighted by Gasteiger charge is 2.16. The van der Waals surface area contributed by atoms with Crippen LogP contribution in [0.15, 0.2) is 5.38 Å². The molecule has 0 aromatic carbocycles. The van der Waals surface area contributed by atoms with Crippen molar-refractivity contribution < 1.29 is 4.79 Å². The van der Waals surface area contributed by atoms with E-state index in [1.807, 2.05) is 0 Å². The summed E-state index contributed by atoms with van der Waals surface area (Å²) in [6.07, 6.45) is 3.39. The number of hydrogen-bond donors (Lipinski definition) is 2. The second kappa shape index (κ2) is 4.72. The van der Waals surface area contributed by atoms with Crippen LogP contribution in [-0.4, -0.2) is 24.0 Å². The lowest BCUT2D eigenvalue weighted by molar-refractivity contribution is 0.0996. The molecule has 0 unspecified atom stereocenters. The Morgan fingerprint density at radius 3 is 2.93 bits per heavy atom. The summed E-state index contributed by atoms with van der Waals surface area (Å²) < 4.78 is 0. The number of primary amides is 1. The number of thiazole rings is 1. The Hall–Kier alpha value is -0.940. The molecule has 1 aliphatic heterocycles. The molecule has 0 atom stereocenters. The first-order chi connectivity index (χ1) is 7.25. The molecule has 1 fully saturated rings. The van der Waals surface area contributed by atoms with Crippen molar-refractivity contribution in [2.75, 3.05) is 13.1 Å². The Bertz CT molecular complexity index is 344. The van der Waals surface area contributed by atoms with Gasteiger partial charge in [-0.2, -0.15) is 0 Å². The molecular weight excluding hydrogens is 210 g/mol. The molecule has 1 aliphatic rings. The van der Waals surface area contributed by atoms with Gasteiger partial charge in [-0.15, -0.1) is 11.3 Å². The van der Waals surface area contributed by atoms with E-state index in [9.17, 15) is 4.79 Å². The van der Waals surface area contributed by atoms with Crippen LogP contribution in [0.1, 0.15) is 28.3 Å². The number of hydrogen-bond acceptors (Lipinski definition) is 4. The summed E-state index contributed by atoms with van der Waals surface area (Å²) in [4.78, 5) is 15.1. The van der Waals surface area contributed by atoms with Crippen molar-refractivity contribution in [2.45, 2.75) is 19.3 Å². The fourth-order valence-corrected chi connectivity index (χ4v) is 2.75. The Kier molecular flexibility index (Phi) is 3.33. The van der Waals surface area contributed by atoms with E-state index in [2.05, 4.69) is 10.3 Å². The topological polar surface area (TPSA) is 68.0 Å². The molecule has 2 heterocycles. The first-order valence-electron chi connectivity index (χ1n) is 5.20. The van der Waals surface area contributed by atoms with Gasteiger partial charge in [0, 0.05) is 11.8 Å². The lowest BCUT2D eigenvalue weighted by Crippen LogP contribution is -2.28. The summed E-state index contributed by atoms with van der Waals surface area (Å²) in [5, 5.41) is 6.12. The van der Waals surface area contributed by atoms with Gasteiger partial charge in [-0.25, -0.2) is 4.98 Å². The number of nitrogens with one attached hydrogen (secondary N) is 1. The summed E-state index contributed by atoms with van der Waals surface area (Å²) >= 11 is 1.54. The highest BCUT2D eigenvalue weighted by atomic mass is 32.1. The molecule has 1 amide bonds. The highest BCUT2D eigenvalue weighted by Crippen LogP contribution is 2.20. The number of nitrogens with two attached hydrogens (primary N) is 1. The number of nitrogens with zero attached hydrogens (tertiary/aromatic N) is 1. The zero-order valence-corrected chi connectivity index (χ0v) is 9.35. The molecule has 2 rings (SSSR count). The van der Waals surface area contributed by atoms with Crippen molar-refractivity contribution in [1.82, 2.24) is 10.3 Å². The Morgan fingerprint density at radius 1 is 1.60 bits per heavy atom. The molecule has 1 aromatic rings. The van der Waals surface area contributed by atoms with Gasteiger partial charge in [0.25, 0.3) is 5.91 Å². The third-order valence-corrected chi connectivity index (χ3v) is 3.60. The number of piperidine rings is 1. The maximum absolute atomic E-state index is 10.9. The maximum Gasteiger partial charge on any atom is 0.268 e. The summed E-state index contributed by atoms with van der Waals surface area (Å²) in [5.74, 6) is 0.279. The minimum Gasteiger partial charge on any atom is -0.364 e. The lowest BCUT2D eigenvalue weighted by atomic mass is 9.95.